The van der Waals surface area contributed by atoms with E-state index in [0.717, 1.165) is 0 Å². The Morgan fingerprint density at radius 1 is 1.23 bits per heavy atom. The topological polar surface area (TPSA) is 88.5 Å². The number of benzene rings is 1. The van der Waals surface area contributed by atoms with Crippen LogP contribution in [0.1, 0.15) is 59.0 Å². The van der Waals surface area contributed by atoms with Gasteiger partial charge in [0.25, 0.3) is 5.91 Å². The molecule has 0 aliphatic rings. The maximum absolute atomic E-state index is 14.0. The van der Waals surface area contributed by atoms with Gasteiger partial charge in [-0.15, -0.1) is 0 Å². The summed E-state index contributed by atoms with van der Waals surface area (Å²) in [7, 11) is 1.41. The summed E-state index contributed by atoms with van der Waals surface area (Å²) >= 11 is 0. The number of halogens is 1. The second kappa shape index (κ2) is 7.61. The molecule has 1 aromatic carbocycles. The molecule has 0 aliphatic heterocycles. The van der Waals surface area contributed by atoms with Gasteiger partial charge in [-0.05, 0) is 39.0 Å². The van der Waals surface area contributed by atoms with Crippen molar-refractivity contribution < 1.29 is 23.8 Å². The Morgan fingerprint density at radius 2 is 1.88 bits per heavy atom. The predicted octanol–water partition coefficient (Wildman–Crippen LogP) is 2.62. The smallest absolute Gasteiger partial charge is 0.338 e. The Bertz CT molecular complexity index is 831. The molecular formula is C19H21FN2O4. The standard InChI is InChI=1S/C19H21FN2O4/c1-19(2,3)26-18(25)11-9-14(22-15(10-11)17(24)21-4)16(23)12-7-5-6-8-13(12)20/h5-10,16,23H,1-4H3,(H,21,24). The van der Waals surface area contributed by atoms with Crippen LogP contribution in [0.5, 0.6) is 0 Å². The number of hydrogen-bond acceptors (Lipinski definition) is 5. The molecule has 0 saturated heterocycles. The summed E-state index contributed by atoms with van der Waals surface area (Å²) in [5.74, 6) is -1.84. The van der Waals surface area contributed by atoms with E-state index in [1.165, 1.54) is 37.4 Å². The van der Waals surface area contributed by atoms with Crippen molar-refractivity contribution in [2.24, 2.45) is 0 Å². The highest BCUT2D eigenvalue weighted by Crippen LogP contribution is 2.25. The van der Waals surface area contributed by atoms with Crippen LogP contribution in [0, 0.1) is 5.82 Å². The number of aliphatic hydroxyl groups is 1. The van der Waals surface area contributed by atoms with Crippen LogP contribution in [-0.2, 0) is 4.74 Å². The van der Waals surface area contributed by atoms with Crippen LogP contribution in [0.4, 0.5) is 4.39 Å². The van der Waals surface area contributed by atoms with Gasteiger partial charge in [-0.1, -0.05) is 18.2 Å². The first kappa shape index (κ1) is 19.5. The van der Waals surface area contributed by atoms with Crippen molar-refractivity contribution in [1.29, 1.82) is 0 Å². The summed E-state index contributed by atoms with van der Waals surface area (Å²) in [6.45, 7) is 5.13. The number of rotatable bonds is 4. The summed E-state index contributed by atoms with van der Waals surface area (Å²) in [6.07, 6.45) is -1.44. The van der Waals surface area contributed by atoms with Crippen molar-refractivity contribution in [1.82, 2.24) is 10.3 Å². The van der Waals surface area contributed by atoms with Gasteiger partial charge in [-0.2, -0.15) is 0 Å². The van der Waals surface area contributed by atoms with E-state index in [9.17, 15) is 19.1 Å². The number of nitrogens with zero attached hydrogens (tertiary/aromatic N) is 1. The number of aliphatic hydroxyl groups excluding tert-OH is 1. The van der Waals surface area contributed by atoms with Crippen molar-refractivity contribution in [3.63, 3.8) is 0 Å². The summed E-state index contributed by atoms with van der Waals surface area (Å²) in [5.41, 5.74) is -0.820. The van der Waals surface area contributed by atoms with E-state index < -0.39 is 29.4 Å². The van der Waals surface area contributed by atoms with Crippen LogP contribution >= 0.6 is 0 Å². The highest BCUT2D eigenvalue weighted by Gasteiger charge is 2.23. The lowest BCUT2D eigenvalue weighted by Crippen LogP contribution is -2.25. The molecule has 26 heavy (non-hydrogen) atoms. The second-order valence-electron chi connectivity index (χ2n) is 6.67. The van der Waals surface area contributed by atoms with Crippen LogP contribution in [0.3, 0.4) is 0 Å². The first-order chi connectivity index (χ1) is 12.1. The normalized spacial score (nSPS) is 12.4. The van der Waals surface area contributed by atoms with E-state index in [1.54, 1.807) is 26.8 Å². The van der Waals surface area contributed by atoms with Gasteiger partial charge < -0.3 is 15.2 Å². The summed E-state index contributed by atoms with van der Waals surface area (Å²) in [5, 5.41) is 12.9. The van der Waals surface area contributed by atoms with Gasteiger partial charge in [0.1, 0.15) is 23.2 Å². The van der Waals surface area contributed by atoms with Crippen molar-refractivity contribution in [2.75, 3.05) is 7.05 Å². The Morgan fingerprint density at radius 3 is 2.46 bits per heavy atom. The van der Waals surface area contributed by atoms with E-state index in [0.29, 0.717) is 0 Å². The van der Waals surface area contributed by atoms with Crippen LogP contribution < -0.4 is 5.32 Å². The molecule has 1 atom stereocenters. The SMILES string of the molecule is CNC(=O)c1cc(C(=O)OC(C)(C)C)cc(C(O)c2ccccc2F)n1. The van der Waals surface area contributed by atoms with Crippen LogP contribution in [-0.4, -0.2) is 34.6 Å². The number of amides is 1. The molecule has 1 heterocycles. The fourth-order valence-electron chi connectivity index (χ4n) is 2.25. The third-order valence-electron chi connectivity index (χ3n) is 3.42. The number of aromatic nitrogens is 1. The zero-order valence-corrected chi connectivity index (χ0v) is 15.0. The zero-order valence-electron chi connectivity index (χ0n) is 15.0. The minimum absolute atomic E-state index is 0.0100. The molecule has 2 N–H and O–H groups in total. The molecule has 0 bridgehead atoms. The maximum atomic E-state index is 14.0. The second-order valence-corrected chi connectivity index (χ2v) is 6.67. The van der Waals surface area contributed by atoms with Gasteiger partial charge in [-0.25, -0.2) is 14.2 Å². The number of nitrogens with one attached hydrogen (secondary N) is 1. The van der Waals surface area contributed by atoms with Crippen LogP contribution in [0.25, 0.3) is 0 Å². The Kier molecular flexibility index (Phi) is 5.72. The Balaban J connectivity index is 2.51. The van der Waals surface area contributed by atoms with Crippen molar-refractivity contribution in [2.45, 2.75) is 32.5 Å². The first-order valence-electron chi connectivity index (χ1n) is 8.02. The lowest BCUT2D eigenvalue weighted by molar-refractivity contribution is 0.00691. The molecule has 2 rings (SSSR count). The van der Waals surface area contributed by atoms with Gasteiger partial charge in [0, 0.05) is 12.6 Å². The molecule has 7 heteroatoms. The summed E-state index contributed by atoms with van der Waals surface area (Å²) in [4.78, 5) is 28.4. The van der Waals surface area contributed by atoms with Gasteiger partial charge in [0.05, 0.1) is 11.3 Å². The first-order valence-corrected chi connectivity index (χ1v) is 8.02. The van der Waals surface area contributed by atoms with Gasteiger partial charge in [-0.3, -0.25) is 4.79 Å². The summed E-state index contributed by atoms with van der Waals surface area (Å²) < 4.78 is 19.3. The number of carbonyl (C=O) groups excluding carboxylic acids is 2. The lowest BCUT2D eigenvalue weighted by Gasteiger charge is -2.20. The van der Waals surface area contributed by atoms with Crippen molar-refractivity contribution >= 4 is 11.9 Å². The number of pyridine rings is 1. The number of hydrogen-bond donors (Lipinski definition) is 2. The predicted molar refractivity (Wildman–Crippen MR) is 93.3 cm³/mol. The average molecular weight is 360 g/mol. The molecular weight excluding hydrogens is 339 g/mol. The van der Waals surface area contributed by atoms with Crippen LogP contribution in [0.2, 0.25) is 0 Å². The third kappa shape index (κ3) is 4.64. The molecule has 0 fully saturated rings. The molecule has 0 aliphatic carbocycles. The third-order valence-corrected chi connectivity index (χ3v) is 3.42. The molecule has 0 saturated carbocycles. The van der Waals surface area contributed by atoms with Gasteiger partial charge in [0.15, 0.2) is 0 Å². The highest BCUT2D eigenvalue weighted by molar-refractivity contribution is 5.96. The molecule has 1 aromatic heterocycles. The quantitative estimate of drug-likeness (QED) is 0.818. The molecule has 0 spiro atoms. The van der Waals surface area contributed by atoms with E-state index in [-0.39, 0.29) is 22.5 Å². The lowest BCUT2D eigenvalue weighted by atomic mass is 10.0. The maximum Gasteiger partial charge on any atom is 0.338 e. The summed E-state index contributed by atoms with van der Waals surface area (Å²) in [6, 6.07) is 8.23. The number of ether oxygens (including phenoxy) is 1. The zero-order chi connectivity index (χ0) is 19.5. The van der Waals surface area contributed by atoms with E-state index in [1.807, 2.05) is 0 Å². The molecule has 1 unspecified atom stereocenters. The molecule has 2 aromatic rings. The van der Waals surface area contributed by atoms with Gasteiger partial charge in [0.2, 0.25) is 0 Å². The van der Waals surface area contributed by atoms with E-state index >= 15 is 0 Å². The Labute approximate surface area is 151 Å². The molecule has 1 amide bonds. The van der Waals surface area contributed by atoms with Crippen molar-refractivity contribution in [3.05, 3.63) is 64.7 Å². The minimum atomic E-state index is -1.44. The fraction of sp³-hybridized carbons (Fsp3) is 0.316. The number of esters is 1. The van der Waals surface area contributed by atoms with E-state index in [2.05, 4.69) is 10.3 Å². The van der Waals surface area contributed by atoms with Crippen molar-refractivity contribution in [3.8, 4) is 0 Å². The average Bonchev–Trinajstić information content (AvgIpc) is 2.59. The molecule has 0 radical (unpaired) electrons. The highest BCUT2D eigenvalue weighted by atomic mass is 19.1. The minimum Gasteiger partial charge on any atom is -0.456 e. The van der Waals surface area contributed by atoms with Crippen LogP contribution in [0.15, 0.2) is 36.4 Å². The molecule has 6 nitrogen and oxygen atoms in total. The molecule has 138 valence electrons. The monoisotopic (exact) mass is 360 g/mol. The largest absolute Gasteiger partial charge is 0.456 e. The van der Waals surface area contributed by atoms with E-state index in [4.69, 9.17) is 4.74 Å². The number of carbonyl (C=O) groups is 2. The Hall–Kier alpha value is -2.80. The fourth-order valence-corrected chi connectivity index (χ4v) is 2.25. The van der Waals surface area contributed by atoms with Gasteiger partial charge >= 0.3 is 5.97 Å².